The molecule has 0 saturated heterocycles. The molecule has 0 aliphatic rings. The van der Waals surface area contributed by atoms with E-state index in [4.69, 9.17) is 11.6 Å². The zero-order valence-electron chi connectivity index (χ0n) is 16.3. The molecule has 2 aromatic heterocycles. The van der Waals surface area contributed by atoms with Crippen LogP contribution in [0.1, 0.15) is 43.0 Å². The molecular weight excluding hydrogens is 410 g/mol. The third-order valence-corrected chi connectivity index (χ3v) is 4.47. The average molecular weight is 430 g/mol. The number of aromatic nitrogens is 4. The Morgan fingerprint density at radius 1 is 1.30 bits per heavy atom. The predicted octanol–water partition coefficient (Wildman–Crippen LogP) is 3.57. The van der Waals surface area contributed by atoms with E-state index in [1.54, 1.807) is 0 Å². The third kappa shape index (κ3) is 4.12. The molecule has 10 heteroatoms. The molecule has 0 saturated carbocycles. The number of hydrogen-bond acceptors (Lipinski definition) is 6. The number of hydroxylamine groups is 1. The molecule has 3 aromatic rings. The van der Waals surface area contributed by atoms with Crippen LogP contribution >= 0.6 is 11.6 Å². The van der Waals surface area contributed by atoms with Crippen molar-refractivity contribution >= 4 is 34.5 Å². The van der Waals surface area contributed by atoms with Gasteiger partial charge in [0, 0.05) is 11.6 Å². The number of aromatic amines is 1. The van der Waals surface area contributed by atoms with Crippen LogP contribution in [0.2, 0.25) is 5.02 Å². The fraction of sp³-hybridized carbons (Fsp3) is 0.200. The molecule has 9 nitrogen and oxygen atoms in total. The SMILES string of the molecule is CC/C=C\C(=C/CC)c1nc2nc(C(=O)N(O)c3cccc(Cl)c3O)cc(=O)n2[nH]1. The first-order valence-corrected chi connectivity index (χ1v) is 9.62. The number of carbonyl (C=O) groups is 1. The molecule has 2 heterocycles. The number of anilines is 1. The van der Waals surface area contributed by atoms with Gasteiger partial charge < -0.3 is 5.11 Å². The summed E-state index contributed by atoms with van der Waals surface area (Å²) in [7, 11) is 0. The van der Waals surface area contributed by atoms with Crippen molar-refractivity contribution in [3.8, 4) is 5.75 Å². The number of aromatic hydroxyl groups is 1. The zero-order chi connectivity index (χ0) is 21.8. The number of H-pyrrole nitrogens is 1. The summed E-state index contributed by atoms with van der Waals surface area (Å²) in [6.45, 7) is 3.98. The molecule has 30 heavy (non-hydrogen) atoms. The summed E-state index contributed by atoms with van der Waals surface area (Å²) in [5, 5.41) is 23.2. The van der Waals surface area contributed by atoms with Gasteiger partial charge in [0.1, 0.15) is 11.4 Å². The van der Waals surface area contributed by atoms with E-state index < -0.39 is 17.2 Å². The van der Waals surface area contributed by atoms with E-state index in [0.29, 0.717) is 5.82 Å². The number of halogens is 1. The van der Waals surface area contributed by atoms with Crippen molar-refractivity contribution in [3.63, 3.8) is 0 Å². The van der Waals surface area contributed by atoms with Crippen molar-refractivity contribution in [1.82, 2.24) is 19.6 Å². The summed E-state index contributed by atoms with van der Waals surface area (Å²) in [5.74, 6) is -1.11. The van der Waals surface area contributed by atoms with Crippen molar-refractivity contribution in [2.75, 3.05) is 5.06 Å². The number of carbonyl (C=O) groups excluding carboxylic acids is 1. The first-order chi connectivity index (χ1) is 14.4. The van der Waals surface area contributed by atoms with Gasteiger partial charge in [-0.2, -0.15) is 14.6 Å². The highest BCUT2D eigenvalue weighted by Crippen LogP contribution is 2.33. The smallest absolute Gasteiger partial charge is 0.301 e. The van der Waals surface area contributed by atoms with Gasteiger partial charge in [0.05, 0.1) is 5.02 Å². The minimum atomic E-state index is -1.02. The molecule has 0 spiro atoms. The second-order valence-electron chi connectivity index (χ2n) is 6.29. The maximum Gasteiger partial charge on any atom is 0.301 e. The first-order valence-electron chi connectivity index (χ1n) is 9.25. The highest BCUT2D eigenvalue weighted by Gasteiger charge is 2.23. The van der Waals surface area contributed by atoms with Crippen LogP contribution in [0.15, 0.2) is 47.3 Å². The van der Waals surface area contributed by atoms with Gasteiger partial charge in [-0.25, -0.2) is 4.98 Å². The normalized spacial score (nSPS) is 12.1. The number of allylic oxidation sites excluding steroid dienone is 4. The fourth-order valence-corrected chi connectivity index (χ4v) is 2.89. The Balaban J connectivity index is 2.03. The molecule has 0 unspecified atom stereocenters. The zero-order valence-corrected chi connectivity index (χ0v) is 17.1. The number of hydrogen-bond donors (Lipinski definition) is 3. The quantitative estimate of drug-likeness (QED) is 0.312. The Morgan fingerprint density at radius 2 is 2.07 bits per heavy atom. The maximum absolute atomic E-state index is 12.6. The van der Waals surface area contributed by atoms with Crippen LogP contribution in [0.25, 0.3) is 11.4 Å². The van der Waals surface area contributed by atoms with E-state index in [0.717, 1.165) is 29.0 Å². The Morgan fingerprint density at radius 3 is 2.77 bits per heavy atom. The van der Waals surface area contributed by atoms with Crippen LogP contribution in [0, 0.1) is 0 Å². The molecule has 3 rings (SSSR count). The molecule has 0 aliphatic carbocycles. The lowest BCUT2D eigenvalue weighted by atomic mass is 10.2. The van der Waals surface area contributed by atoms with Gasteiger partial charge in [-0.05, 0) is 25.0 Å². The highest BCUT2D eigenvalue weighted by atomic mass is 35.5. The number of para-hydroxylation sites is 1. The van der Waals surface area contributed by atoms with Crippen LogP contribution < -0.4 is 10.6 Å². The van der Waals surface area contributed by atoms with Crippen LogP contribution in [0.4, 0.5) is 5.69 Å². The van der Waals surface area contributed by atoms with Gasteiger partial charge in [-0.3, -0.25) is 19.9 Å². The average Bonchev–Trinajstić information content (AvgIpc) is 3.16. The number of benzene rings is 1. The van der Waals surface area contributed by atoms with Gasteiger partial charge in [0.15, 0.2) is 11.6 Å². The monoisotopic (exact) mass is 429 g/mol. The van der Waals surface area contributed by atoms with Gasteiger partial charge in [-0.15, -0.1) is 0 Å². The van der Waals surface area contributed by atoms with E-state index >= 15 is 0 Å². The number of nitrogens with one attached hydrogen (secondary N) is 1. The second-order valence-corrected chi connectivity index (χ2v) is 6.70. The predicted molar refractivity (Wildman–Crippen MR) is 113 cm³/mol. The van der Waals surface area contributed by atoms with Gasteiger partial charge in [0.2, 0.25) is 0 Å². The fourth-order valence-electron chi connectivity index (χ4n) is 2.72. The summed E-state index contributed by atoms with van der Waals surface area (Å²) < 4.78 is 1.11. The lowest BCUT2D eigenvalue weighted by Gasteiger charge is -2.16. The molecule has 0 radical (unpaired) electrons. The third-order valence-electron chi connectivity index (χ3n) is 4.17. The highest BCUT2D eigenvalue weighted by molar-refractivity contribution is 6.32. The van der Waals surface area contributed by atoms with E-state index in [1.807, 2.05) is 32.1 Å². The number of rotatable bonds is 6. The van der Waals surface area contributed by atoms with Crippen molar-refractivity contribution in [2.24, 2.45) is 0 Å². The maximum atomic E-state index is 12.6. The van der Waals surface area contributed by atoms with Gasteiger partial charge in [0.25, 0.3) is 11.3 Å². The van der Waals surface area contributed by atoms with E-state index in [-0.39, 0.29) is 27.2 Å². The molecule has 0 aliphatic heterocycles. The van der Waals surface area contributed by atoms with Crippen molar-refractivity contribution in [1.29, 1.82) is 0 Å². The topological polar surface area (TPSA) is 124 Å². The lowest BCUT2D eigenvalue weighted by molar-refractivity contribution is 0.0847. The number of amides is 1. The summed E-state index contributed by atoms with van der Waals surface area (Å²) in [6, 6.07) is 5.10. The van der Waals surface area contributed by atoms with E-state index in [1.165, 1.54) is 18.2 Å². The molecule has 1 aromatic carbocycles. The van der Waals surface area contributed by atoms with Crippen LogP contribution in [-0.2, 0) is 0 Å². The van der Waals surface area contributed by atoms with Crippen molar-refractivity contribution < 1.29 is 15.1 Å². The minimum Gasteiger partial charge on any atom is -0.504 e. The number of nitrogens with zero attached hydrogens (tertiary/aromatic N) is 4. The molecule has 1 amide bonds. The summed E-state index contributed by atoms with van der Waals surface area (Å²) >= 11 is 5.81. The van der Waals surface area contributed by atoms with Crippen LogP contribution in [0.5, 0.6) is 5.75 Å². The molecule has 3 N–H and O–H groups in total. The Labute approximate surface area is 176 Å². The number of phenols is 1. The molecular formula is C20H20ClN5O4. The number of phenolic OH excluding ortho intramolecular Hbond substituents is 1. The Bertz CT molecular complexity index is 1210. The lowest BCUT2D eigenvalue weighted by Crippen LogP contribution is -2.30. The molecule has 0 atom stereocenters. The van der Waals surface area contributed by atoms with Gasteiger partial charge in [-0.1, -0.05) is 49.7 Å². The molecule has 0 bridgehead atoms. The largest absolute Gasteiger partial charge is 0.504 e. The van der Waals surface area contributed by atoms with Crippen LogP contribution in [0.3, 0.4) is 0 Å². The van der Waals surface area contributed by atoms with Crippen LogP contribution in [-0.4, -0.2) is 35.8 Å². The van der Waals surface area contributed by atoms with Gasteiger partial charge >= 0.3 is 5.91 Å². The van der Waals surface area contributed by atoms with Crippen molar-refractivity contribution in [3.05, 3.63) is 69.4 Å². The molecule has 0 fully saturated rings. The Kier molecular flexibility index (Phi) is 6.34. The standard InChI is InChI=1S/C20H20ClN5O4/c1-3-5-8-12(7-4-2)18-23-20-22-14(11-16(27)25(20)24-18)19(29)26(30)15-10-6-9-13(21)17(15)28/h5-11,28,30H,3-4H2,1-2H3,(H,22,23,24)/b8-5-,12-7+. The first kappa shape index (κ1) is 21.3. The van der Waals surface area contributed by atoms with Crippen molar-refractivity contribution in [2.45, 2.75) is 26.7 Å². The summed E-state index contributed by atoms with van der Waals surface area (Å²) in [6.07, 6.45) is 7.38. The van der Waals surface area contributed by atoms with E-state index in [2.05, 4.69) is 15.1 Å². The number of fused-ring (bicyclic) bond motifs is 1. The Hall–Kier alpha value is -3.43. The summed E-state index contributed by atoms with van der Waals surface area (Å²) in [4.78, 5) is 33.5. The summed E-state index contributed by atoms with van der Waals surface area (Å²) in [5.41, 5.74) is -0.383. The minimum absolute atomic E-state index is 0.0310. The molecule has 156 valence electrons. The van der Waals surface area contributed by atoms with E-state index in [9.17, 15) is 19.9 Å². The second kappa shape index (κ2) is 8.93.